The summed E-state index contributed by atoms with van der Waals surface area (Å²) >= 11 is 0. The molecule has 0 amide bonds. The van der Waals surface area contributed by atoms with E-state index in [1.165, 1.54) is 22.7 Å². The molecule has 8 heteroatoms. The highest BCUT2D eigenvalue weighted by Crippen LogP contribution is 2.24. The second kappa shape index (κ2) is 6.64. The van der Waals surface area contributed by atoms with Crippen molar-refractivity contribution in [2.24, 2.45) is 0 Å². The van der Waals surface area contributed by atoms with E-state index in [1.54, 1.807) is 10.7 Å². The van der Waals surface area contributed by atoms with Crippen molar-refractivity contribution in [2.75, 3.05) is 20.6 Å². The number of rotatable bonds is 4. The lowest BCUT2D eigenvalue weighted by atomic mass is 10.1. The van der Waals surface area contributed by atoms with Crippen LogP contribution in [-0.2, 0) is 23.3 Å². The molecule has 0 spiro atoms. The molecule has 24 heavy (non-hydrogen) atoms. The number of aliphatic hydroxyl groups is 1. The van der Waals surface area contributed by atoms with Crippen molar-refractivity contribution in [3.63, 3.8) is 0 Å². The maximum atomic E-state index is 12.4. The summed E-state index contributed by atoms with van der Waals surface area (Å²) in [4.78, 5) is 0. The van der Waals surface area contributed by atoms with Gasteiger partial charge in [0.15, 0.2) is 0 Å². The lowest BCUT2D eigenvalue weighted by Gasteiger charge is -2.23. The van der Waals surface area contributed by atoms with Crippen LogP contribution in [0.4, 0.5) is 0 Å². The van der Waals surface area contributed by atoms with E-state index < -0.39 is 16.3 Å². The lowest BCUT2D eigenvalue weighted by Crippen LogP contribution is -2.39. The van der Waals surface area contributed by atoms with E-state index in [2.05, 4.69) is 5.10 Å². The van der Waals surface area contributed by atoms with Crippen LogP contribution in [0.2, 0.25) is 0 Å². The SMILES string of the molecule is CN(C)S(=O)(=O)N1CCCn2nc(C(O)c3ccccc3)cc2C1. The zero-order valence-electron chi connectivity index (χ0n) is 13.8. The van der Waals surface area contributed by atoms with E-state index >= 15 is 0 Å². The molecule has 3 rings (SSSR count). The van der Waals surface area contributed by atoms with Gasteiger partial charge >= 0.3 is 0 Å². The van der Waals surface area contributed by atoms with Gasteiger partial charge in [-0.1, -0.05) is 30.3 Å². The molecular formula is C16H22N4O3S. The Kier molecular flexibility index (Phi) is 4.73. The summed E-state index contributed by atoms with van der Waals surface area (Å²) in [5, 5.41) is 15.0. The molecular weight excluding hydrogens is 328 g/mol. The van der Waals surface area contributed by atoms with Crippen molar-refractivity contribution in [3.8, 4) is 0 Å². The largest absolute Gasteiger partial charge is 0.382 e. The molecule has 1 aromatic carbocycles. The summed E-state index contributed by atoms with van der Waals surface area (Å²) in [6, 6.07) is 11.1. The van der Waals surface area contributed by atoms with Crippen LogP contribution in [0.25, 0.3) is 0 Å². The number of nitrogens with zero attached hydrogens (tertiary/aromatic N) is 4. The number of aromatic nitrogens is 2. The average molecular weight is 350 g/mol. The van der Waals surface area contributed by atoms with Crippen molar-refractivity contribution < 1.29 is 13.5 Å². The molecule has 0 saturated carbocycles. The van der Waals surface area contributed by atoms with Crippen molar-refractivity contribution >= 4 is 10.2 Å². The first kappa shape index (κ1) is 17.1. The van der Waals surface area contributed by atoms with Crippen LogP contribution in [0, 0.1) is 0 Å². The van der Waals surface area contributed by atoms with Crippen LogP contribution in [0.3, 0.4) is 0 Å². The molecule has 1 aromatic heterocycles. The Balaban J connectivity index is 1.88. The Labute approximate surface area is 142 Å². The summed E-state index contributed by atoms with van der Waals surface area (Å²) < 4.78 is 29.2. The molecule has 1 N–H and O–H groups in total. The van der Waals surface area contributed by atoms with Gasteiger partial charge in [0.05, 0.1) is 17.9 Å². The zero-order valence-corrected chi connectivity index (χ0v) is 14.6. The van der Waals surface area contributed by atoms with Gasteiger partial charge in [0, 0.05) is 27.2 Å². The minimum Gasteiger partial charge on any atom is -0.382 e. The van der Waals surface area contributed by atoms with E-state index in [0.29, 0.717) is 25.2 Å². The predicted molar refractivity (Wildman–Crippen MR) is 90.4 cm³/mol. The Morgan fingerprint density at radius 1 is 1.21 bits per heavy atom. The summed E-state index contributed by atoms with van der Waals surface area (Å²) in [5.41, 5.74) is 2.10. The van der Waals surface area contributed by atoms with E-state index in [1.807, 2.05) is 30.3 Å². The molecule has 0 radical (unpaired) electrons. The third-order valence-electron chi connectivity index (χ3n) is 4.18. The number of fused-ring (bicyclic) bond motifs is 1. The number of aliphatic hydroxyl groups excluding tert-OH is 1. The van der Waals surface area contributed by atoms with Gasteiger partial charge in [0.1, 0.15) is 6.10 Å². The summed E-state index contributed by atoms with van der Waals surface area (Å²) in [5.74, 6) is 0. The van der Waals surface area contributed by atoms with Crippen molar-refractivity contribution in [1.29, 1.82) is 0 Å². The molecule has 7 nitrogen and oxygen atoms in total. The monoisotopic (exact) mass is 350 g/mol. The molecule has 1 atom stereocenters. The molecule has 2 aromatic rings. The summed E-state index contributed by atoms with van der Waals surface area (Å²) in [7, 11) is -0.406. The Hall–Kier alpha value is -1.74. The molecule has 0 aliphatic carbocycles. The van der Waals surface area contributed by atoms with Gasteiger partial charge in [-0.25, -0.2) is 0 Å². The summed E-state index contributed by atoms with van der Waals surface area (Å²) in [6.07, 6.45) is -0.132. The Bertz CT molecular complexity index is 802. The van der Waals surface area contributed by atoms with Gasteiger partial charge < -0.3 is 5.11 Å². The highest BCUT2D eigenvalue weighted by molar-refractivity contribution is 7.86. The minimum absolute atomic E-state index is 0.259. The van der Waals surface area contributed by atoms with Gasteiger partial charge in [0.2, 0.25) is 0 Å². The molecule has 1 aliphatic heterocycles. The van der Waals surface area contributed by atoms with Gasteiger partial charge in [0.25, 0.3) is 10.2 Å². The smallest absolute Gasteiger partial charge is 0.281 e. The average Bonchev–Trinajstić information content (AvgIpc) is 2.86. The standard InChI is InChI=1S/C16H22N4O3S/c1-18(2)24(22,23)19-9-6-10-20-14(12-19)11-15(17-20)16(21)13-7-4-3-5-8-13/h3-5,7-8,11,16,21H,6,9-10,12H2,1-2H3. The molecule has 130 valence electrons. The highest BCUT2D eigenvalue weighted by Gasteiger charge is 2.28. The van der Waals surface area contributed by atoms with Gasteiger partial charge in [-0.05, 0) is 18.1 Å². The van der Waals surface area contributed by atoms with Crippen molar-refractivity contribution in [3.05, 3.63) is 53.3 Å². The fourth-order valence-corrected chi connectivity index (χ4v) is 3.94. The molecule has 2 heterocycles. The Morgan fingerprint density at radius 2 is 1.92 bits per heavy atom. The minimum atomic E-state index is -3.47. The van der Waals surface area contributed by atoms with Gasteiger partial charge in [-0.15, -0.1) is 0 Å². The first-order valence-electron chi connectivity index (χ1n) is 7.87. The molecule has 0 saturated heterocycles. The maximum Gasteiger partial charge on any atom is 0.281 e. The van der Waals surface area contributed by atoms with E-state index in [4.69, 9.17) is 0 Å². The normalized spacial score (nSPS) is 17.5. The Morgan fingerprint density at radius 3 is 2.58 bits per heavy atom. The quantitative estimate of drug-likeness (QED) is 0.891. The topological polar surface area (TPSA) is 78.7 Å². The van der Waals surface area contributed by atoms with E-state index in [0.717, 1.165) is 11.3 Å². The third kappa shape index (κ3) is 3.23. The van der Waals surface area contributed by atoms with Crippen LogP contribution in [0.5, 0.6) is 0 Å². The van der Waals surface area contributed by atoms with Crippen LogP contribution in [0.15, 0.2) is 36.4 Å². The molecule has 0 fully saturated rings. The predicted octanol–water partition coefficient (Wildman–Crippen LogP) is 0.977. The molecule has 1 unspecified atom stereocenters. The van der Waals surface area contributed by atoms with Crippen LogP contribution < -0.4 is 0 Å². The van der Waals surface area contributed by atoms with Crippen LogP contribution >= 0.6 is 0 Å². The fourth-order valence-electron chi connectivity index (χ4n) is 2.82. The fraction of sp³-hybridized carbons (Fsp3) is 0.438. The van der Waals surface area contributed by atoms with Crippen molar-refractivity contribution in [2.45, 2.75) is 25.6 Å². The lowest BCUT2D eigenvalue weighted by molar-refractivity contribution is 0.214. The van der Waals surface area contributed by atoms with Crippen molar-refractivity contribution in [1.82, 2.24) is 18.4 Å². The second-order valence-corrected chi connectivity index (χ2v) is 8.22. The third-order valence-corrected chi connectivity index (χ3v) is 6.07. The first-order chi connectivity index (χ1) is 11.4. The van der Waals surface area contributed by atoms with E-state index in [9.17, 15) is 13.5 Å². The van der Waals surface area contributed by atoms with E-state index in [-0.39, 0.29) is 6.54 Å². The first-order valence-corrected chi connectivity index (χ1v) is 9.26. The number of hydrogen-bond donors (Lipinski definition) is 1. The number of benzene rings is 1. The molecule has 0 bridgehead atoms. The molecule has 1 aliphatic rings. The maximum absolute atomic E-state index is 12.4. The van der Waals surface area contributed by atoms with Gasteiger partial charge in [-0.3, -0.25) is 4.68 Å². The highest BCUT2D eigenvalue weighted by atomic mass is 32.2. The number of hydrogen-bond acceptors (Lipinski definition) is 4. The van der Waals surface area contributed by atoms with Crippen LogP contribution in [-0.4, -0.2) is 52.6 Å². The zero-order chi connectivity index (χ0) is 17.3. The number of aryl methyl sites for hydroxylation is 1. The summed E-state index contributed by atoms with van der Waals surface area (Å²) in [6.45, 7) is 1.35. The van der Waals surface area contributed by atoms with Gasteiger partial charge in [-0.2, -0.15) is 22.1 Å². The second-order valence-electron chi connectivity index (χ2n) is 6.07. The van der Waals surface area contributed by atoms with Crippen LogP contribution in [0.1, 0.15) is 29.5 Å².